The third kappa shape index (κ3) is 4.91. The monoisotopic (exact) mass is 392 g/mol. The van der Waals surface area contributed by atoms with E-state index >= 15 is 0 Å². The van der Waals surface area contributed by atoms with Gasteiger partial charge in [-0.15, -0.1) is 0 Å². The summed E-state index contributed by atoms with van der Waals surface area (Å²) in [4.78, 5) is 18.0. The fraction of sp³-hybridized carbons (Fsp3) is 0.350. The predicted octanol–water partition coefficient (Wildman–Crippen LogP) is 2.36. The van der Waals surface area contributed by atoms with Gasteiger partial charge in [0.25, 0.3) is 5.91 Å². The first-order chi connectivity index (χ1) is 12.5. The molecule has 0 radical (unpaired) electrons. The average Bonchev–Trinajstić information content (AvgIpc) is 2.64. The number of hydrogen-bond donors (Lipinski definition) is 1. The van der Waals surface area contributed by atoms with Gasteiger partial charge >= 0.3 is 0 Å². The number of halogens is 2. The lowest BCUT2D eigenvalue weighted by Crippen LogP contribution is -3.09. The van der Waals surface area contributed by atoms with Gasteiger partial charge in [0, 0.05) is 36.8 Å². The first-order valence-corrected chi connectivity index (χ1v) is 9.61. The smallest absolute Gasteiger partial charge is 0.277 e. The molecule has 1 amide bonds. The minimum Gasteiger partial charge on any atom is -0.367 e. The highest BCUT2D eigenvalue weighted by Gasteiger charge is 2.24. The van der Waals surface area contributed by atoms with Crippen LogP contribution in [0.4, 0.5) is 5.69 Å². The lowest BCUT2D eigenvalue weighted by atomic mass is 10.2. The van der Waals surface area contributed by atoms with Crippen LogP contribution in [-0.2, 0) is 11.3 Å². The number of carbonyl (C=O) groups is 1. The van der Waals surface area contributed by atoms with Crippen molar-refractivity contribution in [3.8, 4) is 0 Å². The maximum absolute atomic E-state index is 12.6. The van der Waals surface area contributed by atoms with E-state index in [2.05, 4.69) is 4.90 Å². The van der Waals surface area contributed by atoms with Gasteiger partial charge in [-0.3, -0.25) is 4.79 Å². The average molecular weight is 393 g/mol. The van der Waals surface area contributed by atoms with Crippen LogP contribution in [0.5, 0.6) is 0 Å². The van der Waals surface area contributed by atoms with E-state index < -0.39 is 0 Å². The second-order valence-electron chi connectivity index (χ2n) is 6.76. The van der Waals surface area contributed by atoms with E-state index in [1.807, 2.05) is 60.5 Å². The molecular weight excluding hydrogens is 369 g/mol. The normalized spacial score (nSPS) is 15.8. The Hall–Kier alpha value is -1.75. The Morgan fingerprint density at radius 3 is 2.31 bits per heavy atom. The van der Waals surface area contributed by atoms with Gasteiger partial charge in [-0.2, -0.15) is 0 Å². The van der Waals surface area contributed by atoms with Crippen molar-refractivity contribution in [3.05, 3.63) is 64.1 Å². The molecule has 0 aliphatic carbocycles. The van der Waals surface area contributed by atoms with Crippen LogP contribution in [0, 0.1) is 0 Å². The number of nitrogens with zero attached hydrogens (tertiary/aromatic N) is 2. The topological polar surface area (TPSA) is 28.0 Å². The first-order valence-electron chi connectivity index (χ1n) is 8.86. The summed E-state index contributed by atoms with van der Waals surface area (Å²) in [6.07, 6.45) is 0. The number of carbonyl (C=O) groups excluding carboxylic acids is 1. The Morgan fingerprint density at radius 1 is 1.00 bits per heavy atom. The second kappa shape index (κ2) is 8.76. The fourth-order valence-corrected chi connectivity index (χ4v) is 3.67. The highest BCUT2D eigenvalue weighted by Crippen LogP contribution is 2.25. The minimum atomic E-state index is 0.204. The van der Waals surface area contributed by atoms with Crippen molar-refractivity contribution in [2.24, 2.45) is 0 Å². The van der Waals surface area contributed by atoms with Gasteiger partial charge < -0.3 is 14.7 Å². The van der Waals surface area contributed by atoms with E-state index in [0.717, 1.165) is 48.5 Å². The molecule has 1 saturated heterocycles. The van der Waals surface area contributed by atoms with E-state index in [1.165, 1.54) is 10.5 Å². The molecule has 26 heavy (non-hydrogen) atoms. The van der Waals surface area contributed by atoms with E-state index in [0.29, 0.717) is 6.54 Å². The number of nitrogens with one attached hydrogen (secondary N) is 1. The summed E-state index contributed by atoms with van der Waals surface area (Å²) in [5, 5.41) is 1.50. The summed E-state index contributed by atoms with van der Waals surface area (Å²) in [6, 6.07) is 15.7. The highest BCUT2D eigenvalue weighted by atomic mass is 35.5. The molecule has 1 N–H and O–H groups in total. The van der Waals surface area contributed by atoms with Crippen molar-refractivity contribution in [2.75, 3.05) is 44.7 Å². The van der Waals surface area contributed by atoms with Crippen LogP contribution in [0.1, 0.15) is 5.56 Å². The number of quaternary nitrogens is 1. The van der Waals surface area contributed by atoms with Gasteiger partial charge in [0.2, 0.25) is 0 Å². The Morgan fingerprint density at radius 2 is 1.65 bits per heavy atom. The number of hydrogen-bond acceptors (Lipinski definition) is 2. The summed E-state index contributed by atoms with van der Waals surface area (Å²) >= 11 is 12.2. The van der Waals surface area contributed by atoms with Crippen molar-refractivity contribution in [1.82, 2.24) is 4.90 Å². The molecule has 2 aromatic rings. The zero-order valence-corrected chi connectivity index (χ0v) is 16.4. The molecule has 0 bridgehead atoms. The molecule has 0 aromatic heterocycles. The molecule has 1 heterocycles. The quantitative estimate of drug-likeness (QED) is 0.845. The van der Waals surface area contributed by atoms with Gasteiger partial charge in [0.05, 0.1) is 17.8 Å². The Labute approximate surface area is 164 Å². The number of rotatable bonds is 5. The molecule has 3 rings (SSSR count). The number of para-hydroxylation sites is 1. The maximum atomic E-state index is 12.6. The van der Waals surface area contributed by atoms with Gasteiger partial charge in [-0.05, 0) is 24.3 Å². The number of likely N-dealkylation sites (N-methyl/N-ethyl adjacent to an activating group) is 1. The molecule has 6 heteroatoms. The van der Waals surface area contributed by atoms with Crippen LogP contribution >= 0.6 is 23.2 Å². The Bertz CT molecular complexity index is 743. The van der Waals surface area contributed by atoms with E-state index in [4.69, 9.17) is 23.2 Å². The van der Waals surface area contributed by atoms with E-state index in [1.54, 1.807) is 0 Å². The van der Waals surface area contributed by atoms with Crippen molar-refractivity contribution < 1.29 is 9.69 Å². The molecular formula is C20H24Cl2N3O+. The molecule has 0 saturated carbocycles. The number of anilines is 1. The van der Waals surface area contributed by atoms with Crippen molar-refractivity contribution in [3.63, 3.8) is 0 Å². The zero-order valence-electron chi connectivity index (χ0n) is 14.9. The lowest BCUT2D eigenvalue weighted by molar-refractivity contribution is -0.885. The summed E-state index contributed by atoms with van der Waals surface area (Å²) in [5.41, 5.74) is 2.23. The Kier molecular flexibility index (Phi) is 6.41. The fourth-order valence-electron chi connectivity index (χ4n) is 3.29. The van der Waals surface area contributed by atoms with Crippen LogP contribution in [-0.4, -0.2) is 50.6 Å². The third-order valence-corrected chi connectivity index (χ3v) is 5.27. The molecule has 1 aliphatic heterocycles. The number of benzene rings is 2. The van der Waals surface area contributed by atoms with E-state index in [-0.39, 0.29) is 5.91 Å². The Balaban J connectivity index is 1.49. The molecule has 1 fully saturated rings. The van der Waals surface area contributed by atoms with Crippen LogP contribution in [0.2, 0.25) is 10.0 Å². The third-order valence-electron chi connectivity index (χ3n) is 4.70. The first kappa shape index (κ1) is 19.0. The predicted molar refractivity (Wildman–Crippen MR) is 107 cm³/mol. The molecule has 0 spiro atoms. The summed E-state index contributed by atoms with van der Waals surface area (Å²) < 4.78 is 0. The number of piperazine rings is 1. The SMILES string of the molecule is C[NH+](CC(=O)N1CCN(c2ccccc2Cl)CC1)Cc1ccc(Cl)cc1. The zero-order chi connectivity index (χ0) is 18.5. The van der Waals surface area contributed by atoms with Gasteiger partial charge in [0.15, 0.2) is 6.54 Å². The van der Waals surface area contributed by atoms with Gasteiger partial charge in [-0.1, -0.05) is 47.5 Å². The maximum Gasteiger partial charge on any atom is 0.277 e. The van der Waals surface area contributed by atoms with Gasteiger partial charge in [-0.25, -0.2) is 0 Å². The molecule has 4 nitrogen and oxygen atoms in total. The summed E-state index contributed by atoms with van der Waals surface area (Å²) in [6.45, 7) is 4.39. The molecule has 2 aromatic carbocycles. The highest BCUT2D eigenvalue weighted by molar-refractivity contribution is 6.33. The van der Waals surface area contributed by atoms with Crippen molar-refractivity contribution in [2.45, 2.75) is 6.54 Å². The lowest BCUT2D eigenvalue weighted by Gasteiger charge is -2.36. The standard InChI is InChI=1S/C20H23Cl2N3O/c1-23(14-16-6-8-17(21)9-7-16)15-20(26)25-12-10-24(11-13-25)19-5-3-2-4-18(19)22/h2-9H,10-15H2,1H3/p+1. The molecule has 1 aliphatic rings. The van der Waals surface area contributed by atoms with Crippen molar-refractivity contribution >= 4 is 34.8 Å². The van der Waals surface area contributed by atoms with Crippen LogP contribution in [0.25, 0.3) is 0 Å². The second-order valence-corrected chi connectivity index (χ2v) is 7.60. The van der Waals surface area contributed by atoms with Crippen LogP contribution in [0.3, 0.4) is 0 Å². The molecule has 1 atom stereocenters. The van der Waals surface area contributed by atoms with Crippen LogP contribution < -0.4 is 9.80 Å². The summed E-state index contributed by atoms with van der Waals surface area (Å²) in [5.74, 6) is 0.204. The largest absolute Gasteiger partial charge is 0.367 e. The summed E-state index contributed by atoms with van der Waals surface area (Å²) in [7, 11) is 2.05. The number of amides is 1. The molecule has 138 valence electrons. The molecule has 1 unspecified atom stereocenters. The van der Waals surface area contributed by atoms with Crippen LogP contribution in [0.15, 0.2) is 48.5 Å². The van der Waals surface area contributed by atoms with Crippen molar-refractivity contribution in [1.29, 1.82) is 0 Å². The minimum absolute atomic E-state index is 0.204. The van der Waals surface area contributed by atoms with E-state index in [9.17, 15) is 4.79 Å². The van der Waals surface area contributed by atoms with Gasteiger partial charge in [0.1, 0.15) is 6.54 Å².